The molecule has 0 fully saturated rings. The predicted molar refractivity (Wildman–Crippen MR) is 112 cm³/mol. The van der Waals surface area contributed by atoms with Gasteiger partial charge >= 0.3 is 0 Å². The highest BCUT2D eigenvalue weighted by Gasteiger charge is 2.46. The molecule has 7 N–H and O–H groups in total. The Kier molecular flexibility index (Phi) is 12.0. The van der Waals surface area contributed by atoms with Gasteiger partial charge in [-0.1, -0.05) is 44.8 Å². The largest absolute Gasteiger partial charge is 0.394 e. The van der Waals surface area contributed by atoms with Crippen molar-refractivity contribution in [2.45, 2.75) is 82.6 Å². The summed E-state index contributed by atoms with van der Waals surface area (Å²) in [5, 5.41) is 54.1. The molecule has 30 heavy (non-hydrogen) atoms. The average molecular weight is 453 g/mol. The zero-order valence-corrected chi connectivity index (χ0v) is 18.1. The van der Waals surface area contributed by atoms with Crippen LogP contribution in [0.1, 0.15) is 61.5 Å². The number of imide groups is 1. The van der Waals surface area contributed by atoms with Crippen molar-refractivity contribution in [3.8, 4) is 0 Å². The molecule has 0 aromatic carbocycles. The molecule has 0 spiro atoms. The van der Waals surface area contributed by atoms with E-state index in [0.29, 0.717) is 6.42 Å². The van der Waals surface area contributed by atoms with Crippen LogP contribution in [0.25, 0.3) is 0 Å². The number of nitrogens with one attached hydrogen (secondary N) is 2. The molecule has 2 unspecified atom stereocenters. The van der Waals surface area contributed by atoms with Crippen LogP contribution in [0.3, 0.4) is 0 Å². The van der Waals surface area contributed by atoms with Crippen LogP contribution < -0.4 is 10.6 Å². The summed E-state index contributed by atoms with van der Waals surface area (Å²) in [7, 11) is 0. The molecule has 0 aliphatic carbocycles. The lowest BCUT2D eigenvalue weighted by Gasteiger charge is -2.33. The monoisotopic (exact) mass is 452 g/mol. The average Bonchev–Trinajstić information content (AvgIpc) is 2.70. The van der Waals surface area contributed by atoms with Crippen molar-refractivity contribution in [2.24, 2.45) is 0 Å². The van der Waals surface area contributed by atoms with Crippen molar-refractivity contribution < 1.29 is 42.7 Å². The second-order valence-corrected chi connectivity index (χ2v) is 7.41. The van der Waals surface area contributed by atoms with Crippen molar-refractivity contribution in [3.63, 3.8) is 0 Å². The number of aliphatic hydroxyl groups excluding tert-OH is 3. The van der Waals surface area contributed by atoms with Gasteiger partial charge in [-0.15, -0.1) is 0 Å². The molecule has 0 heterocycles. The molecule has 3 amide bonds. The van der Waals surface area contributed by atoms with Crippen LogP contribution in [0.15, 0.2) is 0 Å². The highest BCUT2D eigenvalue weighted by atomic mass is 32.1. The molecule has 0 rings (SSSR count). The molecule has 0 aromatic rings. The highest BCUT2D eigenvalue weighted by Crippen LogP contribution is 2.21. The van der Waals surface area contributed by atoms with E-state index >= 15 is 0 Å². The van der Waals surface area contributed by atoms with Crippen LogP contribution in [-0.4, -0.2) is 85.1 Å². The van der Waals surface area contributed by atoms with Crippen LogP contribution >= 0.6 is 12.2 Å². The Morgan fingerprint density at radius 3 is 2.27 bits per heavy atom. The van der Waals surface area contributed by atoms with Gasteiger partial charge in [0.1, 0.15) is 6.08 Å². The standard InChI is InChI=1S/C19H34N2O8S/c1-3-4-5-6-7-8-16(27)21-18(28)19(29,17(30)15(26)11-23)9-14(25)13(10-22)20-12(2)24/h13-15,22-23,25-26,29H,3-11H2,1-2H3,(H,20,24)(H,21,27,28)/t13-,14-,15?,19+/m1/s1/i11D,15D/t11?,13-,14-,15?,19+. The maximum atomic E-state index is 12.7. The number of rotatable bonds is 15. The summed E-state index contributed by atoms with van der Waals surface area (Å²) in [5.74, 6) is -2.90. The molecule has 0 saturated carbocycles. The molecule has 174 valence electrons. The molecule has 0 aliphatic heterocycles. The van der Waals surface area contributed by atoms with E-state index in [4.69, 9.17) is 15.0 Å². The SMILES string of the molecule is [2H]C(O)C([2H])(O)C(=S)[C@@](O)(C[C@@H](O)[C@@H](CO)NC(C)=O)C(=O)NC(=O)CCCCCCC. The van der Waals surface area contributed by atoms with Crippen molar-refractivity contribution in [1.82, 2.24) is 10.6 Å². The minimum absolute atomic E-state index is 0.0573. The van der Waals surface area contributed by atoms with Crippen molar-refractivity contribution in [1.29, 1.82) is 0 Å². The number of amides is 3. The van der Waals surface area contributed by atoms with Gasteiger partial charge in [-0.3, -0.25) is 19.7 Å². The molecule has 5 atom stereocenters. The van der Waals surface area contributed by atoms with Gasteiger partial charge in [-0.2, -0.15) is 0 Å². The molecule has 10 nitrogen and oxygen atoms in total. The summed E-state index contributed by atoms with van der Waals surface area (Å²) in [5.41, 5.74) is -3.07. The zero-order valence-electron chi connectivity index (χ0n) is 19.3. The van der Waals surface area contributed by atoms with Crippen LogP contribution in [0.5, 0.6) is 0 Å². The molecule has 0 radical (unpaired) electrons. The second kappa shape index (κ2) is 14.5. The number of hydrogen-bond donors (Lipinski definition) is 7. The van der Waals surface area contributed by atoms with Crippen LogP contribution in [0.4, 0.5) is 0 Å². The van der Waals surface area contributed by atoms with Crippen molar-refractivity contribution in [2.75, 3.05) is 13.2 Å². The van der Waals surface area contributed by atoms with Crippen LogP contribution in [0.2, 0.25) is 0 Å². The summed E-state index contributed by atoms with van der Waals surface area (Å²) in [4.78, 5) is 34.8. The smallest absolute Gasteiger partial charge is 0.263 e. The van der Waals surface area contributed by atoms with Crippen molar-refractivity contribution in [3.05, 3.63) is 0 Å². The lowest BCUT2D eigenvalue weighted by Crippen LogP contribution is -2.60. The number of aliphatic hydroxyl groups is 5. The fourth-order valence-corrected chi connectivity index (χ4v) is 2.94. The van der Waals surface area contributed by atoms with Gasteiger partial charge in [0.25, 0.3) is 5.91 Å². The molecular weight excluding hydrogens is 416 g/mol. The predicted octanol–water partition coefficient (Wildman–Crippen LogP) is -1.31. The van der Waals surface area contributed by atoms with Gasteiger partial charge in [0.05, 0.1) is 32.9 Å². The third kappa shape index (κ3) is 9.54. The first kappa shape index (κ1) is 24.8. The second-order valence-electron chi connectivity index (χ2n) is 7.01. The fraction of sp³-hybridized carbons (Fsp3) is 0.789. The summed E-state index contributed by atoms with van der Waals surface area (Å²) in [6.07, 6.45) is -2.15. The number of thiocarbonyl (C=S) groups is 1. The van der Waals surface area contributed by atoms with Crippen LogP contribution in [0, 0.1) is 0 Å². The lowest BCUT2D eigenvalue weighted by molar-refractivity contribution is -0.141. The molecule has 0 aliphatic rings. The Balaban J connectivity index is 5.63. The first-order valence-corrected chi connectivity index (χ1v) is 10.1. The van der Waals surface area contributed by atoms with E-state index in [9.17, 15) is 39.9 Å². The highest BCUT2D eigenvalue weighted by molar-refractivity contribution is 7.80. The fourth-order valence-electron chi connectivity index (χ4n) is 2.71. The Labute approximate surface area is 184 Å². The summed E-state index contributed by atoms with van der Waals surface area (Å²) in [6.45, 7) is -0.256. The summed E-state index contributed by atoms with van der Waals surface area (Å²) in [6, 6.07) is -1.36. The van der Waals surface area contributed by atoms with E-state index < -0.39 is 66.0 Å². The zero-order chi connectivity index (χ0) is 25.1. The molecular formula is C19H34N2O8S. The Morgan fingerprint density at radius 1 is 1.17 bits per heavy atom. The van der Waals surface area contributed by atoms with Gasteiger partial charge in [-0.25, -0.2) is 0 Å². The van der Waals surface area contributed by atoms with E-state index in [-0.39, 0.29) is 6.42 Å². The van der Waals surface area contributed by atoms with E-state index in [2.05, 4.69) is 5.32 Å². The van der Waals surface area contributed by atoms with Gasteiger partial charge in [0, 0.05) is 19.8 Å². The minimum atomic E-state index is -3.31. The number of unbranched alkanes of at least 4 members (excludes halogenated alkanes) is 4. The van der Waals surface area contributed by atoms with E-state index in [0.717, 1.165) is 32.6 Å². The minimum Gasteiger partial charge on any atom is -0.394 e. The van der Waals surface area contributed by atoms with Gasteiger partial charge < -0.3 is 30.8 Å². The molecule has 11 heteroatoms. The quantitative estimate of drug-likeness (QED) is 0.117. The van der Waals surface area contributed by atoms with Gasteiger partial charge in [-0.05, 0) is 6.42 Å². The third-order valence-electron chi connectivity index (χ3n) is 4.42. The van der Waals surface area contributed by atoms with Gasteiger partial charge in [0.15, 0.2) is 5.60 Å². The van der Waals surface area contributed by atoms with E-state index in [1.807, 2.05) is 12.2 Å². The van der Waals surface area contributed by atoms with Crippen LogP contribution in [-0.2, 0) is 14.4 Å². The number of hydrogen-bond acceptors (Lipinski definition) is 9. The summed E-state index contributed by atoms with van der Waals surface area (Å²) < 4.78 is 14.8. The topological polar surface area (TPSA) is 176 Å². The molecule has 0 saturated heterocycles. The Hall–Kier alpha value is -1.50. The number of carbonyl (C=O) groups is 3. The first-order valence-electron chi connectivity index (χ1n) is 10.8. The third-order valence-corrected chi connectivity index (χ3v) is 4.97. The molecule has 0 bridgehead atoms. The Bertz CT molecular complexity index is 665. The number of carbonyl (C=O) groups excluding carboxylic acids is 3. The first-order chi connectivity index (χ1) is 14.7. The maximum Gasteiger partial charge on any atom is 0.263 e. The van der Waals surface area contributed by atoms with E-state index in [1.165, 1.54) is 0 Å². The molecule has 0 aromatic heterocycles. The Morgan fingerprint density at radius 2 is 1.77 bits per heavy atom. The van der Waals surface area contributed by atoms with E-state index in [1.54, 1.807) is 0 Å². The van der Waals surface area contributed by atoms with Crippen molar-refractivity contribution >= 4 is 34.8 Å². The normalized spacial score (nSPS) is 19.2. The maximum absolute atomic E-state index is 12.7. The lowest BCUT2D eigenvalue weighted by atomic mass is 9.86. The van der Waals surface area contributed by atoms with Gasteiger partial charge in [0.2, 0.25) is 11.8 Å². The summed E-state index contributed by atoms with van der Waals surface area (Å²) >= 11 is 4.79.